The van der Waals surface area contributed by atoms with Crippen LogP contribution < -0.4 is 0 Å². The van der Waals surface area contributed by atoms with E-state index in [-0.39, 0.29) is 0 Å². The number of hydrogen-bond acceptors (Lipinski definition) is 4. The van der Waals surface area contributed by atoms with Gasteiger partial charge in [-0.25, -0.2) is 0 Å². The van der Waals surface area contributed by atoms with Crippen LogP contribution in [0.25, 0.3) is 11.1 Å². The second-order valence-electron chi connectivity index (χ2n) is 5.25. The minimum Gasteiger partial charge on any atom is -0.389 e. The van der Waals surface area contributed by atoms with Crippen molar-refractivity contribution in [1.82, 2.24) is 9.88 Å². The van der Waals surface area contributed by atoms with Crippen LogP contribution in [0.1, 0.15) is 5.56 Å². The minimum atomic E-state index is -0.457. The van der Waals surface area contributed by atoms with Crippen molar-refractivity contribution in [2.75, 3.05) is 27.3 Å². The van der Waals surface area contributed by atoms with Crippen molar-refractivity contribution in [3.05, 3.63) is 54.4 Å². The molecule has 0 aliphatic carbocycles. The molecule has 1 aromatic carbocycles. The van der Waals surface area contributed by atoms with Gasteiger partial charge in [-0.15, -0.1) is 0 Å². The van der Waals surface area contributed by atoms with E-state index >= 15 is 0 Å². The molecule has 2 rings (SSSR count). The van der Waals surface area contributed by atoms with Crippen molar-refractivity contribution >= 4 is 0 Å². The summed E-state index contributed by atoms with van der Waals surface area (Å²) >= 11 is 0. The normalized spacial score (nSPS) is 12.6. The molecule has 1 N–H and O–H groups in total. The summed E-state index contributed by atoms with van der Waals surface area (Å²) < 4.78 is 4.95. The molecule has 0 radical (unpaired) electrons. The summed E-state index contributed by atoms with van der Waals surface area (Å²) in [6, 6.07) is 12.4. The SMILES string of the molecule is COCC(O)CN(C)Cc1cccc(-c2cccnc2)c1. The van der Waals surface area contributed by atoms with Crippen molar-refractivity contribution in [3.8, 4) is 11.1 Å². The molecule has 0 saturated carbocycles. The van der Waals surface area contributed by atoms with Crippen LogP contribution in [0.3, 0.4) is 0 Å². The van der Waals surface area contributed by atoms with Gasteiger partial charge in [0.05, 0.1) is 12.7 Å². The van der Waals surface area contributed by atoms with E-state index in [0.29, 0.717) is 13.2 Å². The van der Waals surface area contributed by atoms with Gasteiger partial charge in [0.1, 0.15) is 0 Å². The quantitative estimate of drug-likeness (QED) is 0.847. The van der Waals surface area contributed by atoms with Gasteiger partial charge in [-0.3, -0.25) is 9.88 Å². The number of aliphatic hydroxyl groups excluding tert-OH is 1. The predicted octanol–water partition coefficient (Wildman–Crippen LogP) is 2.19. The average molecular weight is 286 g/mol. The van der Waals surface area contributed by atoms with Crippen LogP contribution in [-0.4, -0.2) is 48.4 Å². The van der Waals surface area contributed by atoms with Gasteiger partial charge in [-0.05, 0) is 35.9 Å². The maximum absolute atomic E-state index is 9.76. The van der Waals surface area contributed by atoms with Gasteiger partial charge in [0.25, 0.3) is 0 Å². The molecule has 1 atom stereocenters. The molecule has 0 amide bonds. The highest BCUT2D eigenvalue weighted by Gasteiger charge is 2.08. The number of aliphatic hydroxyl groups is 1. The molecule has 1 heterocycles. The third-order valence-electron chi connectivity index (χ3n) is 3.26. The van der Waals surface area contributed by atoms with Crippen molar-refractivity contribution < 1.29 is 9.84 Å². The Kier molecular flexibility index (Phi) is 5.87. The van der Waals surface area contributed by atoms with Gasteiger partial charge in [-0.2, -0.15) is 0 Å². The first-order valence-corrected chi connectivity index (χ1v) is 7.04. The highest BCUT2D eigenvalue weighted by atomic mass is 16.5. The molecule has 21 heavy (non-hydrogen) atoms. The molecule has 0 bridgehead atoms. The van der Waals surface area contributed by atoms with E-state index in [1.807, 2.05) is 19.3 Å². The Morgan fingerprint density at radius 3 is 2.76 bits per heavy atom. The van der Waals surface area contributed by atoms with Crippen LogP contribution in [-0.2, 0) is 11.3 Å². The largest absolute Gasteiger partial charge is 0.389 e. The molecule has 0 spiro atoms. The number of rotatable bonds is 7. The number of aromatic nitrogens is 1. The Morgan fingerprint density at radius 1 is 1.24 bits per heavy atom. The van der Waals surface area contributed by atoms with E-state index in [2.05, 4.69) is 40.2 Å². The highest BCUT2D eigenvalue weighted by molar-refractivity contribution is 5.62. The predicted molar refractivity (Wildman–Crippen MR) is 83.9 cm³/mol. The van der Waals surface area contributed by atoms with Gasteiger partial charge in [0, 0.05) is 32.6 Å². The highest BCUT2D eigenvalue weighted by Crippen LogP contribution is 2.19. The molecule has 2 aromatic rings. The Hall–Kier alpha value is -1.75. The van der Waals surface area contributed by atoms with Crippen LogP contribution in [0.2, 0.25) is 0 Å². The first kappa shape index (κ1) is 15.6. The van der Waals surface area contributed by atoms with Crippen LogP contribution in [0.5, 0.6) is 0 Å². The Labute approximate surface area is 126 Å². The zero-order chi connectivity index (χ0) is 15.1. The monoisotopic (exact) mass is 286 g/mol. The fourth-order valence-corrected chi connectivity index (χ4v) is 2.36. The lowest BCUT2D eigenvalue weighted by atomic mass is 10.0. The van der Waals surface area contributed by atoms with Crippen LogP contribution in [0.4, 0.5) is 0 Å². The third kappa shape index (κ3) is 4.93. The Bertz CT molecular complexity index is 545. The molecule has 112 valence electrons. The third-order valence-corrected chi connectivity index (χ3v) is 3.26. The number of pyridine rings is 1. The van der Waals surface area contributed by atoms with E-state index in [9.17, 15) is 5.11 Å². The van der Waals surface area contributed by atoms with E-state index in [1.165, 1.54) is 5.56 Å². The van der Waals surface area contributed by atoms with Crippen LogP contribution in [0, 0.1) is 0 Å². The van der Waals surface area contributed by atoms with Gasteiger partial charge < -0.3 is 9.84 Å². The molecular weight excluding hydrogens is 264 g/mol. The van der Waals surface area contributed by atoms with Crippen molar-refractivity contribution in [3.63, 3.8) is 0 Å². The molecule has 0 aliphatic heterocycles. The maximum Gasteiger partial charge on any atom is 0.0900 e. The smallest absolute Gasteiger partial charge is 0.0900 e. The van der Waals surface area contributed by atoms with E-state index in [1.54, 1.807) is 13.3 Å². The van der Waals surface area contributed by atoms with Gasteiger partial charge >= 0.3 is 0 Å². The lowest BCUT2D eigenvalue weighted by Gasteiger charge is -2.20. The lowest BCUT2D eigenvalue weighted by molar-refractivity contribution is 0.0419. The average Bonchev–Trinajstić information content (AvgIpc) is 2.48. The number of ether oxygens (including phenoxy) is 1. The van der Waals surface area contributed by atoms with E-state index in [4.69, 9.17) is 4.74 Å². The summed E-state index contributed by atoms with van der Waals surface area (Å²) in [4.78, 5) is 6.24. The van der Waals surface area contributed by atoms with E-state index < -0.39 is 6.10 Å². The summed E-state index contributed by atoms with van der Waals surface area (Å²) in [6.07, 6.45) is 3.19. The zero-order valence-electron chi connectivity index (χ0n) is 12.6. The molecule has 0 aliphatic rings. The molecule has 0 saturated heterocycles. The second kappa shape index (κ2) is 7.88. The Morgan fingerprint density at radius 2 is 2.05 bits per heavy atom. The fourth-order valence-electron chi connectivity index (χ4n) is 2.36. The summed E-state index contributed by atoms with van der Waals surface area (Å²) in [7, 11) is 3.59. The first-order chi connectivity index (χ1) is 10.2. The summed E-state index contributed by atoms with van der Waals surface area (Å²) in [5, 5.41) is 9.76. The topological polar surface area (TPSA) is 45.6 Å². The van der Waals surface area contributed by atoms with Crippen LogP contribution >= 0.6 is 0 Å². The van der Waals surface area contributed by atoms with Crippen molar-refractivity contribution in [2.24, 2.45) is 0 Å². The standard InChI is InChI=1S/C17H22N2O2/c1-19(12-17(20)13-21-2)11-14-5-3-6-15(9-14)16-7-4-8-18-10-16/h3-10,17,20H,11-13H2,1-2H3. The molecular formula is C17H22N2O2. The fraction of sp³-hybridized carbons (Fsp3) is 0.353. The number of benzene rings is 1. The number of likely N-dealkylation sites (N-methyl/N-ethyl adjacent to an activating group) is 1. The number of nitrogens with zero attached hydrogens (tertiary/aromatic N) is 2. The zero-order valence-corrected chi connectivity index (χ0v) is 12.6. The molecule has 4 nitrogen and oxygen atoms in total. The number of hydrogen-bond donors (Lipinski definition) is 1. The molecule has 1 aromatic heterocycles. The van der Waals surface area contributed by atoms with Crippen LogP contribution in [0.15, 0.2) is 48.8 Å². The lowest BCUT2D eigenvalue weighted by Crippen LogP contribution is -2.31. The second-order valence-corrected chi connectivity index (χ2v) is 5.25. The maximum atomic E-state index is 9.76. The summed E-state index contributed by atoms with van der Waals surface area (Å²) in [5.74, 6) is 0. The van der Waals surface area contributed by atoms with E-state index in [0.717, 1.165) is 17.7 Å². The first-order valence-electron chi connectivity index (χ1n) is 7.04. The van der Waals surface area contributed by atoms with Gasteiger partial charge in [-0.1, -0.05) is 24.3 Å². The molecule has 4 heteroatoms. The Balaban J connectivity index is 2.01. The molecule has 0 fully saturated rings. The van der Waals surface area contributed by atoms with Gasteiger partial charge in [0.2, 0.25) is 0 Å². The van der Waals surface area contributed by atoms with Crippen molar-refractivity contribution in [1.29, 1.82) is 0 Å². The minimum absolute atomic E-state index is 0.361. The summed E-state index contributed by atoms with van der Waals surface area (Å²) in [6.45, 7) is 1.74. The number of methoxy groups -OCH3 is 1. The molecule has 1 unspecified atom stereocenters. The van der Waals surface area contributed by atoms with Gasteiger partial charge in [0.15, 0.2) is 0 Å². The summed E-state index contributed by atoms with van der Waals surface area (Å²) in [5.41, 5.74) is 3.48. The van der Waals surface area contributed by atoms with Crippen molar-refractivity contribution in [2.45, 2.75) is 12.6 Å².